The number of hydrogen-bond donors (Lipinski definition) is 1. The van der Waals surface area contributed by atoms with Gasteiger partial charge in [0.15, 0.2) is 0 Å². The summed E-state index contributed by atoms with van der Waals surface area (Å²) < 4.78 is 0. The molecule has 0 radical (unpaired) electrons. The fourth-order valence-electron chi connectivity index (χ4n) is 2.93. The first kappa shape index (κ1) is 16.7. The van der Waals surface area contributed by atoms with E-state index in [2.05, 4.69) is 37.6 Å². The van der Waals surface area contributed by atoms with Gasteiger partial charge in [0.05, 0.1) is 31.3 Å². The molecule has 2 aromatic rings. The first-order valence-corrected chi connectivity index (χ1v) is 9.22. The van der Waals surface area contributed by atoms with Gasteiger partial charge in [0.2, 0.25) is 0 Å². The van der Waals surface area contributed by atoms with E-state index in [1.54, 1.807) is 36.0 Å². The summed E-state index contributed by atoms with van der Waals surface area (Å²) in [5.41, 5.74) is 2.30. The molecule has 0 fully saturated rings. The van der Waals surface area contributed by atoms with Crippen LogP contribution in [0.4, 0.5) is 0 Å². The standard InChI is InChI=1S/C19H20N2O2S/c1-20(13-14-7-9-15(24-2)10-8-14)11-12-21-18(22)16-5-3-4-6-17(16)19(21)23/h3-10H,11-13H2,1-2H3/p+1. The minimum absolute atomic E-state index is 0.173. The van der Waals surface area contributed by atoms with Crippen molar-refractivity contribution in [3.05, 3.63) is 65.2 Å². The van der Waals surface area contributed by atoms with Crippen molar-refractivity contribution in [1.29, 1.82) is 0 Å². The third-order valence-electron chi connectivity index (χ3n) is 4.31. The van der Waals surface area contributed by atoms with E-state index in [4.69, 9.17) is 0 Å². The second-order valence-electron chi connectivity index (χ2n) is 6.04. The van der Waals surface area contributed by atoms with E-state index < -0.39 is 0 Å². The van der Waals surface area contributed by atoms with Gasteiger partial charge in [-0.2, -0.15) is 0 Å². The largest absolute Gasteiger partial charge is 0.332 e. The lowest BCUT2D eigenvalue weighted by Crippen LogP contribution is -3.08. The molecule has 3 rings (SSSR count). The number of imide groups is 1. The van der Waals surface area contributed by atoms with Gasteiger partial charge in [-0.1, -0.05) is 24.3 Å². The average molecular weight is 341 g/mol. The predicted molar refractivity (Wildman–Crippen MR) is 95.5 cm³/mol. The third-order valence-corrected chi connectivity index (χ3v) is 5.05. The van der Waals surface area contributed by atoms with E-state index in [9.17, 15) is 9.59 Å². The van der Waals surface area contributed by atoms with Crippen LogP contribution in [0.3, 0.4) is 0 Å². The molecule has 1 aliphatic rings. The van der Waals surface area contributed by atoms with Crippen LogP contribution in [0.15, 0.2) is 53.4 Å². The van der Waals surface area contributed by atoms with Crippen molar-refractivity contribution in [2.24, 2.45) is 0 Å². The highest BCUT2D eigenvalue weighted by Crippen LogP contribution is 2.21. The minimum Gasteiger partial charge on any atom is -0.332 e. The monoisotopic (exact) mass is 341 g/mol. The lowest BCUT2D eigenvalue weighted by atomic mass is 10.1. The van der Waals surface area contributed by atoms with Crippen LogP contribution in [0.25, 0.3) is 0 Å². The van der Waals surface area contributed by atoms with Crippen molar-refractivity contribution in [3.63, 3.8) is 0 Å². The number of benzene rings is 2. The zero-order valence-electron chi connectivity index (χ0n) is 13.9. The van der Waals surface area contributed by atoms with E-state index in [0.29, 0.717) is 17.7 Å². The number of thioether (sulfide) groups is 1. The Labute approximate surface area is 146 Å². The van der Waals surface area contributed by atoms with Gasteiger partial charge in [-0.3, -0.25) is 14.5 Å². The lowest BCUT2D eigenvalue weighted by molar-refractivity contribution is -0.892. The Balaban J connectivity index is 1.58. The van der Waals surface area contributed by atoms with Crippen molar-refractivity contribution in [3.8, 4) is 0 Å². The maximum Gasteiger partial charge on any atom is 0.261 e. The second-order valence-corrected chi connectivity index (χ2v) is 6.92. The predicted octanol–water partition coefficient (Wildman–Crippen LogP) is 1.72. The van der Waals surface area contributed by atoms with Gasteiger partial charge in [-0.25, -0.2) is 0 Å². The first-order valence-electron chi connectivity index (χ1n) is 7.99. The van der Waals surface area contributed by atoms with Gasteiger partial charge in [0, 0.05) is 10.5 Å². The molecular formula is C19H21N2O2S+. The van der Waals surface area contributed by atoms with Crippen LogP contribution in [0.5, 0.6) is 0 Å². The highest BCUT2D eigenvalue weighted by molar-refractivity contribution is 7.98. The van der Waals surface area contributed by atoms with Crippen molar-refractivity contribution in [2.75, 3.05) is 26.4 Å². The molecule has 0 saturated carbocycles. The third kappa shape index (κ3) is 3.37. The first-order chi connectivity index (χ1) is 11.6. The summed E-state index contributed by atoms with van der Waals surface area (Å²) in [7, 11) is 2.08. The van der Waals surface area contributed by atoms with Gasteiger partial charge < -0.3 is 4.90 Å². The van der Waals surface area contributed by atoms with Crippen LogP contribution in [0, 0.1) is 0 Å². The molecule has 0 aromatic heterocycles. The molecule has 0 aliphatic carbocycles. The SMILES string of the molecule is CSc1ccc(C[NH+](C)CCN2C(=O)c3ccccc3C2=O)cc1. The number of quaternary nitrogens is 1. The number of hydrogen-bond acceptors (Lipinski definition) is 3. The Morgan fingerprint density at radius 3 is 2.08 bits per heavy atom. The summed E-state index contributed by atoms with van der Waals surface area (Å²) in [5.74, 6) is -0.347. The fraction of sp³-hybridized carbons (Fsp3) is 0.263. The van der Waals surface area contributed by atoms with Crippen LogP contribution in [0.2, 0.25) is 0 Å². The molecule has 5 heteroatoms. The Morgan fingerprint density at radius 1 is 0.958 bits per heavy atom. The van der Waals surface area contributed by atoms with Gasteiger partial charge >= 0.3 is 0 Å². The van der Waals surface area contributed by atoms with Gasteiger partial charge in [0.25, 0.3) is 11.8 Å². The van der Waals surface area contributed by atoms with Crippen molar-refractivity contribution in [2.45, 2.75) is 11.4 Å². The van der Waals surface area contributed by atoms with Gasteiger partial charge in [-0.15, -0.1) is 11.8 Å². The van der Waals surface area contributed by atoms with E-state index in [1.807, 2.05) is 0 Å². The smallest absolute Gasteiger partial charge is 0.261 e. The maximum absolute atomic E-state index is 12.3. The summed E-state index contributed by atoms with van der Waals surface area (Å²) in [4.78, 5) is 28.6. The molecule has 1 atom stereocenters. The molecule has 0 saturated heterocycles. The molecule has 2 aromatic carbocycles. The Hall–Kier alpha value is -2.11. The number of nitrogens with one attached hydrogen (secondary N) is 1. The lowest BCUT2D eigenvalue weighted by Gasteiger charge is -2.18. The van der Waals surface area contributed by atoms with Crippen LogP contribution in [-0.2, 0) is 6.54 Å². The van der Waals surface area contributed by atoms with E-state index in [-0.39, 0.29) is 11.8 Å². The van der Waals surface area contributed by atoms with E-state index in [1.165, 1.54) is 20.3 Å². The van der Waals surface area contributed by atoms with Gasteiger partial charge in [0.1, 0.15) is 6.54 Å². The molecule has 2 amide bonds. The number of amides is 2. The van der Waals surface area contributed by atoms with Crippen molar-refractivity contribution < 1.29 is 14.5 Å². The summed E-state index contributed by atoms with van der Waals surface area (Å²) in [6, 6.07) is 15.6. The number of nitrogens with zero attached hydrogens (tertiary/aromatic N) is 1. The summed E-state index contributed by atoms with van der Waals surface area (Å²) in [6.07, 6.45) is 2.06. The van der Waals surface area contributed by atoms with Crippen LogP contribution in [0.1, 0.15) is 26.3 Å². The summed E-state index contributed by atoms with van der Waals surface area (Å²) >= 11 is 1.73. The molecular weight excluding hydrogens is 320 g/mol. The molecule has 24 heavy (non-hydrogen) atoms. The molecule has 1 N–H and O–H groups in total. The topological polar surface area (TPSA) is 41.8 Å². The number of rotatable bonds is 6. The van der Waals surface area contributed by atoms with Crippen LogP contribution >= 0.6 is 11.8 Å². The average Bonchev–Trinajstić information content (AvgIpc) is 2.85. The Morgan fingerprint density at radius 2 is 1.54 bits per heavy atom. The second kappa shape index (κ2) is 7.20. The molecule has 124 valence electrons. The Kier molecular flexibility index (Phi) is 5.02. The minimum atomic E-state index is -0.173. The van der Waals surface area contributed by atoms with E-state index in [0.717, 1.165) is 13.1 Å². The molecule has 1 unspecified atom stereocenters. The number of carbonyl (C=O) groups excluding carboxylic acids is 2. The molecule has 0 bridgehead atoms. The van der Waals surface area contributed by atoms with Crippen LogP contribution in [-0.4, -0.2) is 43.1 Å². The summed E-state index contributed by atoms with van der Waals surface area (Å²) in [5, 5.41) is 0. The van der Waals surface area contributed by atoms with Crippen molar-refractivity contribution in [1.82, 2.24) is 4.90 Å². The number of fused-ring (bicyclic) bond motifs is 1. The van der Waals surface area contributed by atoms with Gasteiger partial charge in [-0.05, 0) is 30.5 Å². The molecule has 1 heterocycles. The highest BCUT2D eigenvalue weighted by atomic mass is 32.2. The fourth-order valence-corrected chi connectivity index (χ4v) is 3.33. The number of likely N-dealkylation sites (N-methyl/N-ethyl adjacent to an activating group) is 1. The quantitative estimate of drug-likeness (QED) is 0.643. The normalized spacial score (nSPS) is 14.8. The zero-order valence-corrected chi connectivity index (χ0v) is 14.7. The molecule has 4 nitrogen and oxygen atoms in total. The number of carbonyl (C=O) groups is 2. The van der Waals surface area contributed by atoms with Crippen LogP contribution < -0.4 is 4.90 Å². The zero-order chi connectivity index (χ0) is 17.1. The Bertz CT molecular complexity index is 723. The van der Waals surface area contributed by atoms with E-state index >= 15 is 0 Å². The maximum atomic E-state index is 12.3. The highest BCUT2D eigenvalue weighted by Gasteiger charge is 2.35. The summed E-state index contributed by atoms with van der Waals surface area (Å²) in [6.45, 7) is 2.05. The van der Waals surface area contributed by atoms with Crippen molar-refractivity contribution >= 4 is 23.6 Å². The molecule has 0 spiro atoms. The molecule has 1 aliphatic heterocycles.